The van der Waals surface area contributed by atoms with Crippen molar-refractivity contribution >= 4 is 5.91 Å². The molecule has 0 saturated heterocycles. The molecule has 1 N–H and O–H groups in total. The Morgan fingerprint density at radius 2 is 1.84 bits per heavy atom. The Morgan fingerprint density at radius 3 is 2.37 bits per heavy atom. The van der Waals surface area contributed by atoms with Gasteiger partial charge in [-0.15, -0.1) is 0 Å². The highest BCUT2D eigenvalue weighted by atomic mass is 16.3. The van der Waals surface area contributed by atoms with Crippen LogP contribution in [0.1, 0.15) is 53.1 Å². The molecule has 1 saturated carbocycles. The Kier molecular flexibility index (Phi) is 3.99. The zero-order valence-electron chi connectivity index (χ0n) is 12.2. The molecule has 0 bridgehead atoms. The van der Waals surface area contributed by atoms with Crippen LogP contribution in [-0.4, -0.2) is 35.1 Å². The average molecular weight is 265 g/mol. The van der Waals surface area contributed by atoms with Crippen LogP contribution < -0.4 is 0 Å². The van der Waals surface area contributed by atoms with E-state index in [-0.39, 0.29) is 11.9 Å². The van der Waals surface area contributed by atoms with Crippen molar-refractivity contribution in [3.63, 3.8) is 0 Å². The van der Waals surface area contributed by atoms with E-state index in [1.165, 1.54) is 0 Å². The van der Waals surface area contributed by atoms with Crippen LogP contribution in [0.4, 0.5) is 0 Å². The Morgan fingerprint density at radius 1 is 1.21 bits per heavy atom. The molecule has 4 heteroatoms. The van der Waals surface area contributed by atoms with Crippen LogP contribution in [0.25, 0.3) is 0 Å². The van der Waals surface area contributed by atoms with Crippen LogP contribution in [-0.2, 0) is 0 Å². The average Bonchev–Trinajstić information content (AvgIpc) is 2.62. The lowest BCUT2D eigenvalue weighted by atomic mass is 9.91. The monoisotopic (exact) mass is 265 g/mol. The van der Waals surface area contributed by atoms with Gasteiger partial charge in [0, 0.05) is 12.6 Å². The lowest BCUT2D eigenvalue weighted by Gasteiger charge is -2.35. The van der Waals surface area contributed by atoms with Crippen LogP contribution >= 0.6 is 0 Å². The summed E-state index contributed by atoms with van der Waals surface area (Å²) < 4.78 is 5.52. The third-order valence-electron chi connectivity index (χ3n) is 4.29. The summed E-state index contributed by atoms with van der Waals surface area (Å²) in [6, 6.07) is -0.0738. The standard InChI is InChI=1S/C15H23NO3/c1-9-10(2)19-11(3)14(9)15(18)16(4)12-7-5-6-8-13(12)17/h12-13,17H,5-8H2,1-4H3. The van der Waals surface area contributed by atoms with Gasteiger partial charge < -0.3 is 14.4 Å². The van der Waals surface area contributed by atoms with Gasteiger partial charge in [-0.2, -0.15) is 0 Å². The lowest BCUT2D eigenvalue weighted by Crippen LogP contribution is -2.46. The van der Waals surface area contributed by atoms with Crippen molar-refractivity contribution in [3.05, 3.63) is 22.6 Å². The number of carbonyl (C=O) groups is 1. The number of aliphatic hydroxyl groups is 1. The summed E-state index contributed by atoms with van der Waals surface area (Å²) >= 11 is 0. The molecular weight excluding hydrogens is 242 g/mol. The Hall–Kier alpha value is -1.29. The van der Waals surface area contributed by atoms with E-state index >= 15 is 0 Å². The quantitative estimate of drug-likeness (QED) is 0.894. The van der Waals surface area contributed by atoms with E-state index in [0.29, 0.717) is 11.3 Å². The van der Waals surface area contributed by atoms with E-state index in [9.17, 15) is 9.90 Å². The van der Waals surface area contributed by atoms with Gasteiger partial charge in [0.15, 0.2) is 0 Å². The minimum atomic E-state index is -0.406. The number of nitrogens with zero attached hydrogens (tertiary/aromatic N) is 1. The SMILES string of the molecule is Cc1oc(C)c(C(=O)N(C)C2CCCCC2O)c1C. The van der Waals surface area contributed by atoms with Crippen molar-refractivity contribution in [2.75, 3.05) is 7.05 Å². The highest BCUT2D eigenvalue weighted by Gasteiger charge is 2.32. The molecule has 2 atom stereocenters. The molecule has 1 aliphatic rings. The van der Waals surface area contributed by atoms with Crippen LogP contribution in [0.2, 0.25) is 0 Å². The first-order valence-electron chi connectivity index (χ1n) is 6.95. The molecule has 1 amide bonds. The summed E-state index contributed by atoms with van der Waals surface area (Å²) in [5.41, 5.74) is 1.55. The summed E-state index contributed by atoms with van der Waals surface area (Å²) in [7, 11) is 1.78. The Balaban J connectivity index is 2.23. The van der Waals surface area contributed by atoms with Gasteiger partial charge in [0.25, 0.3) is 5.91 Å². The molecule has 1 fully saturated rings. The molecule has 4 nitrogen and oxygen atoms in total. The zero-order valence-corrected chi connectivity index (χ0v) is 12.2. The van der Waals surface area contributed by atoms with Gasteiger partial charge in [0.05, 0.1) is 17.7 Å². The number of hydrogen-bond acceptors (Lipinski definition) is 3. The summed E-state index contributed by atoms with van der Waals surface area (Å²) in [5.74, 6) is 1.41. The Labute approximate surface area is 114 Å². The second kappa shape index (κ2) is 5.37. The van der Waals surface area contributed by atoms with Gasteiger partial charge in [0.1, 0.15) is 11.5 Å². The summed E-state index contributed by atoms with van der Waals surface area (Å²) in [4.78, 5) is 14.3. The maximum absolute atomic E-state index is 12.6. The molecule has 0 spiro atoms. The molecular formula is C15H23NO3. The number of hydrogen-bond donors (Lipinski definition) is 1. The molecule has 1 aromatic heterocycles. The number of carbonyl (C=O) groups excluding carboxylic acids is 1. The van der Waals surface area contributed by atoms with Gasteiger partial charge in [-0.1, -0.05) is 12.8 Å². The molecule has 0 aliphatic heterocycles. The molecule has 1 aromatic rings. The fourth-order valence-corrected chi connectivity index (χ4v) is 2.98. The zero-order chi connectivity index (χ0) is 14.2. The van der Waals surface area contributed by atoms with E-state index in [4.69, 9.17) is 4.42 Å². The van der Waals surface area contributed by atoms with Gasteiger partial charge in [-0.05, 0) is 33.6 Å². The smallest absolute Gasteiger partial charge is 0.257 e. The third-order valence-corrected chi connectivity index (χ3v) is 4.29. The summed E-state index contributed by atoms with van der Waals surface area (Å²) in [5, 5.41) is 10.1. The van der Waals surface area contributed by atoms with E-state index in [1.54, 1.807) is 11.9 Å². The van der Waals surface area contributed by atoms with Crippen molar-refractivity contribution in [2.24, 2.45) is 0 Å². The minimum Gasteiger partial charge on any atom is -0.466 e. The van der Waals surface area contributed by atoms with Crippen LogP contribution in [0.15, 0.2) is 4.42 Å². The van der Waals surface area contributed by atoms with Gasteiger partial charge in [-0.3, -0.25) is 4.79 Å². The first-order chi connectivity index (χ1) is 8.93. The van der Waals surface area contributed by atoms with Crippen LogP contribution in [0.5, 0.6) is 0 Å². The first kappa shape index (κ1) is 14.1. The highest BCUT2D eigenvalue weighted by molar-refractivity contribution is 5.97. The third kappa shape index (κ3) is 2.54. The number of aliphatic hydroxyl groups excluding tert-OH is 1. The largest absolute Gasteiger partial charge is 0.466 e. The predicted molar refractivity (Wildman–Crippen MR) is 73.3 cm³/mol. The molecule has 106 valence electrons. The number of likely N-dealkylation sites (N-methyl/N-ethyl adjacent to an activating group) is 1. The Bertz CT molecular complexity index is 478. The van der Waals surface area contributed by atoms with Crippen LogP contribution in [0, 0.1) is 20.8 Å². The number of amides is 1. The molecule has 19 heavy (non-hydrogen) atoms. The van der Waals surface area contributed by atoms with Crippen molar-refractivity contribution in [2.45, 2.75) is 58.6 Å². The molecule has 1 heterocycles. The molecule has 2 rings (SSSR count). The van der Waals surface area contributed by atoms with Crippen LogP contribution in [0.3, 0.4) is 0 Å². The first-order valence-corrected chi connectivity index (χ1v) is 6.95. The molecule has 0 radical (unpaired) electrons. The topological polar surface area (TPSA) is 53.7 Å². The summed E-state index contributed by atoms with van der Waals surface area (Å²) in [6.45, 7) is 5.59. The lowest BCUT2D eigenvalue weighted by molar-refractivity contribution is 0.0266. The van der Waals surface area contributed by atoms with Gasteiger partial charge >= 0.3 is 0 Å². The fraction of sp³-hybridized carbons (Fsp3) is 0.667. The number of furan rings is 1. The van der Waals surface area contributed by atoms with E-state index in [0.717, 1.165) is 37.0 Å². The normalized spacial score (nSPS) is 23.4. The van der Waals surface area contributed by atoms with Crippen molar-refractivity contribution in [1.29, 1.82) is 0 Å². The van der Waals surface area contributed by atoms with Crippen molar-refractivity contribution in [1.82, 2.24) is 4.90 Å². The highest BCUT2D eigenvalue weighted by Crippen LogP contribution is 2.27. The predicted octanol–water partition coefficient (Wildman–Crippen LogP) is 2.58. The molecule has 0 aromatic carbocycles. The van der Waals surface area contributed by atoms with Gasteiger partial charge in [0.2, 0.25) is 0 Å². The maximum Gasteiger partial charge on any atom is 0.257 e. The van der Waals surface area contributed by atoms with E-state index < -0.39 is 6.10 Å². The number of rotatable bonds is 2. The molecule has 1 aliphatic carbocycles. The second-order valence-electron chi connectivity index (χ2n) is 5.55. The number of aryl methyl sites for hydroxylation is 2. The van der Waals surface area contributed by atoms with E-state index in [1.807, 2.05) is 20.8 Å². The van der Waals surface area contributed by atoms with Crippen molar-refractivity contribution < 1.29 is 14.3 Å². The molecule has 2 unspecified atom stereocenters. The van der Waals surface area contributed by atoms with Gasteiger partial charge in [-0.25, -0.2) is 0 Å². The summed E-state index contributed by atoms with van der Waals surface area (Å²) in [6.07, 6.45) is 3.36. The maximum atomic E-state index is 12.6. The van der Waals surface area contributed by atoms with E-state index in [2.05, 4.69) is 0 Å². The minimum absolute atomic E-state index is 0.0437. The fourth-order valence-electron chi connectivity index (χ4n) is 2.98. The van der Waals surface area contributed by atoms with Crippen molar-refractivity contribution in [3.8, 4) is 0 Å². The second-order valence-corrected chi connectivity index (χ2v) is 5.55.